The molecule has 1 heterocycles. The van der Waals surface area contributed by atoms with Gasteiger partial charge >= 0.3 is 0 Å². The monoisotopic (exact) mass is 350 g/mol. The van der Waals surface area contributed by atoms with Crippen LogP contribution in [0.4, 0.5) is 0 Å². The van der Waals surface area contributed by atoms with Crippen molar-refractivity contribution in [3.05, 3.63) is 51.8 Å². The molecule has 0 aliphatic carbocycles. The molecule has 0 saturated heterocycles. The Balaban J connectivity index is 2.13. The fraction of sp³-hybridized carbons (Fsp3) is 0.438. The van der Waals surface area contributed by atoms with Crippen molar-refractivity contribution in [2.75, 3.05) is 0 Å². The van der Waals surface area contributed by atoms with E-state index in [1.165, 1.54) is 11.1 Å². The average Bonchev–Trinajstić information content (AvgIpc) is 2.84. The summed E-state index contributed by atoms with van der Waals surface area (Å²) in [5.41, 5.74) is 6.65. The van der Waals surface area contributed by atoms with Gasteiger partial charge in [0.05, 0.1) is 22.4 Å². The molecule has 2 rings (SSSR count). The van der Waals surface area contributed by atoms with E-state index < -0.39 is 0 Å². The summed E-state index contributed by atoms with van der Waals surface area (Å²) < 4.78 is 3.02. The maximum Gasteiger partial charge on any atom is 0.0712 e. The summed E-state index contributed by atoms with van der Waals surface area (Å²) >= 11 is 3.58. The van der Waals surface area contributed by atoms with Crippen molar-refractivity contribution in [3.8, 4) is 0 Å². The van der Waals surface area contributed by atoms with Crippen LogP contribution in [0.25, 0.3) is 0 Å². The Bertz CT molecular complexity index is 574. The molecule has 1 atom stereocenters. The molecular weight excluding hydrogens is 328 g/mol. The molecule has 0 aliphatic heterocycles. The van der Waals surface area contributed by atoms with Crippen LogP contribution in [0.1, 0.15) is 49.2 Å². The van der Waals surface area contributed by atoms with Crippen molar-refractivity contribution < 1.29 is 0 Å². The Morgan fingerprint density at radius 1 is 1.29 bits per heavy atom. The summed E-state index contributed by atoms with van der Waals surface area (Å²) in [6.07, 6.45) is 3.74. The molecule has 114 valence electrons. The van der Waals surface area contributed by atoms with Gasteiger partial charge in [-0.25, -0.2) is 0 Å². The molecule has 1 aromatic carbocycles. The molecule has 0 aliphatic rings. The smallest absolute Gasteiger partial charge is 0.0712 e. The Kier molecular flexibility index (Phi) is 5.56. The highest BCUT2D eigenvalue weighted by Crippen LogP contribution is 2.28. The van der Waals surface area contributed by atoms with Crippen LogP contribution in [-0.2, 0) is 6.42 Å². The fourth-order valence-corrected chi connectivity index (χ4v) is 3.00. The third kappa shape index (κ3) is 3.93. The van der Waals surface area contributed by atoms with E-state index in [1.807, 2.05) is 10.9 Å². The average molecular weight is 351 g/mol. The number of nitrogens with one attached hydrogen (secondary N) is 1. The third-order valence-corrected chi connectivity index (χ3v) is 4.26. The van der Waals surface area contributed by atoms with Crippen LogP contribution >= 0.6 is 15.9 Å². The normalized spacial score (nSPS) is 12.9. The first-order valence-electron chi connectivity index (χ1n) is 7.27. The summed E-state index contributed by atoms with van der Waals surface area (Å²) in [5.74, 6) is 5.78. The lowest BCUT2D eigenvalue weighted by molar-refractivity contribution is 0.432. The van der Waals surface area contributed by atoms with Crippen LogP contribution in [0.2, 0.25) is 0 Å². The van der Waals surface area contributed by atoms with Crippen molar-refractivity contribution in [2.24, 2.45) is 5.84 Å². The Morgan fingerprint density at radius 3 is 2.52 bits per heavy atom. The van der Waals surface area contributed by atoms with Crippen molar-refractivity contribution in [2.45, 2.75) is 45.7 Å². The highest BCUT2D eigenvalue weighted by Gasteiger charge is 2.20. The molecule has 2 aromatic rings. The molecule has 0 bridgehead atoms. The molecule has 1 aromatic heterocycles. The Hall–Kier alpha value is -1.17. The topological polar surface area (TPSA) is 55.9 Å². The second-order valence-electron chi connectivity index (χ2n) is 5.66. The summed E-state index contributed by atoms with van der Waals surface area (Å²) in [5, 5.41) is 4.42. The number of hydrogen-bond donors (Lipinski definition) is 2. The van der Waals surface area contributed by atoms with Gasteiger partial charge in [-0.2, -0.15) is 5.10 Å². The van der Waals surface area contributed by atoms with Crippen molar-refractivity contribution in [1.82, 2.24) is 15.2 Å². The van der Waals surface area contributed by atoms with Gasteiger partial charge in [0.1, 0.15) is 0 Å². The van der Waals surface area contributed by atoms with Gasteiger partial charge in [-0.05, 0) is 55.1 Å². The van der Waals surface area contributed by atoms with E-state index in [2.05, 4.69) is 71.5 Å². The Labute approximate surface area is 134 Å². The maximum atomic E-state index is 5.78. The SMILES string of the molecule is Cc1ccc(CCC(NN)c2c(Br)cnn2C(C)C)cc1. The van der Waals surface area contributed by atoms with E-state index in [1.54, 1.807) is 0 Å². The molecule has 0 spiro atoms. The molecule has 4 nitrogen and oxygen atoms in total. The molecule has 5 heteroatoms. The number of hydrazine groups is 1. The number of hydrogen-bond acceptors (Lipinski definition) is 3. The molecule has 3 N–H and O–H groups in total. The predicted octanol–water partition coefficient (Wildman–Crippen LogP) is 3.67. The minimum atomic E-state index is 0.0746. The zero-order valence-electron chi connectivity index (χ0n) is 12.8. The van der Waals surface area contributed by atoms with Crippen LogP contribution in [0.15, 0.2) is 34.9 Å². The van der Waals surface area contributed by atoms with Crippen LogP contribution in [-0.4, -0.2) is 9.78 Å². The van der Waals surface area contributed by atoms with E-state index in [-0.39, 0.29) is 6.04 Å². The van der Waals surface area contributed by atoms with Crippen LogP contribution in [0, 0.1) is 6.92 Å². The Morgan fingerprint density at radius 2 is 1.95 bits per heavy atom. The predicted molar refractivity (Wildman–Crippen MR) is 89.9 cm³/mol. The van der Waals surface area contributed by atoms with Crippen molar-refractivity contribution in [1.29, 1.82) is 0 Å². The lowest BCUT2D eigenvalue weighted by Gasteiger charge is -2.20. The fourth-order valence-electron chi connectivity index (χ4n) is 2.45. The first-order chi connectivity index (χ1) is 10.0. The van der Waals surface area contributed by atoms with Crippen LogP contribution in [0.5, 0.6) is 0 Å². The van der Waals surface area contributed by atoms with Crippen LogP contribution < -0.4 is 11.3 Å². The zero-order valence-corrected chi connectivity index (χ0v) is 14.4. The van der Waals surface area contributed by atoms with Gasteiger partial charge in [0.2, 0.25) is 0 Å². The highest BCUT2D eigenvalue weighted by atomic mass is 79.9. The number of benzene rings is 1. The highest BCUT2D eigenvalue weighted by molar-refractivity contribution is 9.10. The molecule has 21 heavy (non-hydrogen) atoms. The molecule has 0 fully saturated rings. The maximum absolute atomic E-state index is 5.78. The van der Waals surface area contributed by atoms with Gasteiger partial charge in [-0.1, -0.05) is 29.8 Å². The number of nitrogens with two attached hydrogens (primary N) is 1. The van der Waals surface area contributed by atoms with Gasteiger partial charge in [0.25, 0.3) is 0 Å². The van der Waals surface area contributed by atoms with E-state index in [9.17, 15) is 0 Å². The summed E-state index contributed by atoms with van der Waals surface area (Å²) in [6, 6.07) is 9.03. The molecular formula is C16H23BrN4. The summed E-state index contributed by atoms with van der Waals surface area (Å²) in [6.45, 7) is 6.35. The van der Waals surface area contributed by atoms with Crippen molar-refractivity contribution >= 4 is 15.9 Å². The number of nitrogens with zero attached hydrogens (tertiary/aromatic N) is 2. The number of rotatable bonds is 6. The largest absolute Gasteiger partial charge is 0.271 e. The van der Waals surface area contributed by atoms with Gasteiger partial charge < -0.3 is 0 Å². The second-order valence-corrected chi connectivity index (χ2v) is 6.51. The van der Waals surface area contributed by atoms with Crippen LogP contribution in [0.3, 0.4) is 0 Å². The third-order valence-electron chi connectivity index (χ3n) is 3.65. The number of halogens is 1. The van der Waals surface area contributed by atoms with E-state index in [0.29, 0.717) is 6.04 Å². The van der Waals surface area contributed by atoms with Gasteiger partial charge in [-0.15, -0.1) is 0 Å². The second kappa shape index (κ2) is 7.20. The van der Waals surface area contributed by atoms with E-state index >= 15 is 0 Å². The van der Waals surface area contributed by atoms with Gasteiger partial charge in [0, 0.05) is 6.04 Å². The molecule has 0 saturated carbocycles. The van der Waals surface area contributed by atoms with Gasteiger partial charge in [-0.3, -0.25) is 16.0 Å². The van der Waals surface area contributed by atoms with E-state index in [4.69, 9.17) is 5.84 Å². The minimum Gasteiger partial charge on any atom is -0.271 e. The summed E-state index contributed by atoms with van der Waals surface area (Å²) in [7, 11) is 0. The molecule has 0 radical (unpaired) electrons. The molecule has 1 unspecified atom stereocenters. The lowest BCUT2D eigenvalue weighted by Crippen LogP contribution is -2.31. The first-order valence-corrected chi connectivity index (χ1v) is 8.06. The number of aryl methyl sites for hydroxylation is 2. The van der Waals surface area contributed by atoms with Crippen molar-refractivity contribution in [3.63, 3.8) is 0 Å². The quantitative estimate of drug-likeness (QED) is 0.617. The number of aromatic nitrogens is 2. The summed E-state index contributed by atoms with van der Waals surface area (Å²) in [4.78, 5) is 0. The standard InChI is InChI=1S/C16H23BrN4/c1-11(2)21-16(14(17)10-19-21)15(20-18)9-8-13-6-4-12(3)5-7-13/h4-7,10-11,15,20H,8-9,18H2,1-3H3. The first kappa shape index (κ1) is 16.2. The lowest BCUT2D eigenvalue weighted by atomic mass is 10.0. The molecule has 0 amide bonds. The minimum absolute atomic E-state index is 0.0746. The zero-order chi connectivity index (χ0) is 15.4. The van der Waals surface area contributed by atoms with Gasteiger partial charge in [0.15, 0.2) is 0 Å². The van der Waals surface area contributed by atoms with E-state index in [0.717, 1.165) is 23.0 Å².